The normalized spacial score (nSPS) is 12.8. The molecule has 6 heteroatoms. The molecule has 1 unspecified atom stereocenters. The van der Waals surface area contributed by atoms with Crippen LogP contribution in [0.2, 0.25) is 0 Å². The number of hydrogen-bond donors (Lipinski definition) is 2. The molecule has 0 saturated heterocycles. The van der Waals surface area contributed by atoms with Crippen molar-refractivity contribution in [2.45, 2.75) is 26.2 Å². The van der Waals surface area contributed by atoms with E-state index in [1.165, 1.54) is 5.56 Å². The minimum atomic E-state index is -0.0257. The van der Waals surface area contributed by atoms with Gasteiger partial charge in [0.15, 0.2) is 5.96 Å². The molecule has 1 aromatic heterocycles. The van der Waals surface area contributed by atoms with E-state index in [1.54, 1.807) is 0 Å². The lowest BCUT2D eigenvalue weighted by Gasteiger charge is -2.08. The van der Waals surface area contributed by atoms with Gasteiger partial charge in [-0.1, -0.05) is 61.5 Å². The SMILES string of the molecule is CCc1cccc(NC(N)=NCC(C)c2nc(-c3ccccc3)no2)c1. The molecule has 3 aromatic rings. The van der Waals surface area contributed by atoms with E-state index < -0.39 is 0 Å². The first kappa shape index (κ1) is 17.7. The van der Waals surface area contributed by atoms with Crippen molar-refractivity contribution in [2.24, 2.45) is 10.7 Å². The van der Waals surface area contributed by atoms with Crippen LogP contribution in [-0.2, 0) is 6.42 Å². The Morgan fingerprint density at radius 1 is 1.19 bits per heavy atom. The van der Waals surface area contributed by atoms with Crippen LogP contribution in [0, 0.1) is 0 Å². The number of aliphatic imine (C=N–C) groups is 1. The third-order valence-corrected chi connectivity index (χ3v) is 4.04. The van der Waals surface area contributed by atoms with E-state index in [-0.39, 0.29) is 5.92 Å². The summed E-state index contributed by atoms with van der Waals surface area (Å²) in [5, 5.41) is 7.16. The Bertz CT molecular complexity index is 873. The maximum absolute atomic E-state index is 5.99. The Morgan fingerprint density at radius 3 is 2.77 bits per heavy atom. The molecule has 134 valence electrons. The molecule has 26 heavy (non-hydrogen) atoms. The van der Waals surface area contributed by atoms with Crippen LogP contribution in [0.15, 0.2) is 64.1 Å². The number of nitrogens with zero attached hydrogens (tertiary/aromatic N) is 3. The Morgan fingerprint density at radius 2 is 2.00 bits per heavy atom. The highest BCUT2D eigenvalue weighted by Crippen LogP contribution is 2.19. The number of nitrogens with one attached hydrogen (secondary N) is 1. The van der Waals surface area contributed by atoms with Crippen molar-refractivity contribution in [3.63, 3.8) is 0 Å². The first-order valence-electron chi connectivity index (χ1n) is 8.70. The smallest absolute Gasteiger partial charge is 0.231 e. The number of hydrogen-bond acceptors (Lipinski definition) is 4. The fourth-order valence-electron chi connectivity index (χ4n) is 2.51. The second-order valence-corrected chi connectivity index (χ2v) is 6.13. The Labute approximate surface area is 153 Å². The minimum absolute atomic E-state index is 0.0257. The largest absolute Gasteiger partial charge is 0.370 e. The molecular formula is C20H23N5O. The zero-order valence-electron chi connectivity index (χ0n) is 15.0. The number of rotatable bonds is 6. The average Bonchev–Trinajstić information content (AvgIpc) is 3.17. The number of aromatic nitrogens is 2. The van der Waals surface area contributed by atoms with Gasteiger partial charge >= 0.3 is 0 Å². The van der Waals surface area contributed by atoms with Gasteiger partial charge in [0.25, 0.3) is 0 Å². The quantitative estimate of drug-likeness (QED) is 0.521. The van der Waals surface area contributed by atoms with Gasteiger partial charge in [0.1, 0.15) is 0 Å². The highest BCUT2D eigenvalue weighted by atomic mass is 16.5. The number of nitrogens with two attached hydrogens (primary N) is 1. The molecule has 0 bridgehead atoms. The lowest BCUT2D eigenvalue weighted by molar-refractivity contribution is 0.361. The van der Waals surface area contributed by atoms with Crippen LogP contribution in [0.3, 0.4) is 0 Å². The highest BCUT2D eigenvalue weighted by Gasteiger charge is 2.15. The third kappa shape index (κ3) is 4.47. The fraction of sp³-hybridized carbons (Fsp3) is 0.250. The minimum Gasteiger partial charge on any atom is -0.370 e. The van der Waals surface area contributed by atoms with Crippen molar-refractivity contribution < 1.29 is 4.52 Å². The van der Waals surface area contributed by atoms with Crippen LogP contribution in [0.4, 0.5) is 5.69 Å². The molecule has 2 aromatic carbocycles. The maximum atomic E-state index is 5.99. The molecule has 0 fully saturated rings. The second kappa shape index (κ2) is 8.29. The van der Waals surface area contributed by atoms with Gasteiger partial charge in [-0.2, -0.15) is 4.98 Å². The monoisotopic (exact) mass is 349 g/mol. The maximum Gasteiger partial charge on any atom is 0.231 e. The van der Waals surface area contributed by atoms with Crippen molar-refractivity contribution in [1.82, 2.24) is 10.1 Å². The Hall–Kier alpha value is -3.15. The molecule has 0 aliphatic heterocycles. The van der Waals surface area contributed by atoms with Crippen LogP contribution in [0.1, 0.15) is 31.2 Å². The van der Waals surface area contributed by atoms with E-state index in [2.05, 4.69) is 39.5 Å². The second-order valence-electron chi connectivity index (χ2n) is 6.13. The van der Waals surface area contributed by atoms with Crippen molar-refractivity contribution in [3.05, 3.63) is 66.1 Å². The molecule has 6 nitrogen and oxygen atoms in total. The summed E-state index contributed by atoms with van der Waals surface area (Å²) < 4.78 is 5.37. The molecular weight excluding hydrogens is 326 g/mol. The highest BCUT2D eigenvalue weighted by molar-refractivity contribution is 5.92. The van der Waals surface area contributed by atoms with Gasteiger partial charge in [0.05, 0.1) is 12.5 Å². The van der Waals surface area contributed by atoms with Gasteiger partial charge in [0, 0.05) is 11.3 Å². The molecule has 3 N–H and O–H groups in total. The summed E-state index contributed by atoms with van der Waals surface area (Å²) in [6.07, 6.45) is 0.977. The Balaban J connectivity index is 1.61. The zero-order valence-corrected chi connectivity index (χ0v) is 15.0. The number of guanidine groups is 1. The van der Waals surface area contributed by atoms with E-state index in [9.17, 15) is 0 Å². The summed E-state index contributed by atoms with van der Waals surface area (Å²) in [5.74, 6) is 1.47. The Kier molecular flexibility index (Phi) is 5.63. The molecule has 0 saturated carbocycles. The number of aryl methyl sites for hydroxylation is 1. The van der Waals surface area contributed by atoms with Gasteiger partial charge in [-0.15, -0.1) is 0 Å². The van der Waals surface area contributed by atoms with Crippen LogP contribution in [0.5, 0.6) is 0 Å². The molecule has 1 heterocycles. The predicted octanol–water partition coefficient (Wildman–Crippen LogP) is 3.83. The lowest BCUT2D eigenvalue weighted by Crippen LogP contribution is -2.23. The van der Waals surface area contributed by atoms with Gasteiger partial charge in [0.2, 0.25) is 11.7 Å². The van der Waals surface area contributed by atoms with Gasteiger partial charge < -0.3 is 15.6 Å². The first-order chi connectivity index (χ1) is 12.7. The molecule has 3 rings (SSSR count). The van der Waals surface area contributed by atoms with E-state index in [4.69, 9.17) is 10.3 Å². The van der Waals surface area contributed by atoms with E-state index in [0.717, 1.165) is 17.7 Å². The average molecular weight is 349 g/mol. The van der Waals surface area contributed by atoms with Crippen molar-refractivity contribution in [3.8, 4) is 11.4 Å². The van der Waals surface area contributed by atoms with Gasteiger partial charge in [-0.3, -0.25) is 4.99 Å². The third-order valence-electron chi connectivity index (χ3n) is 4.04. The van der Waals surface area contributed by atoms with Gasteiger partial charge in [-0.25, -0.2) is 0 Å². The molecule has 0 amide bonds. The fourth-order valence-corrected chi connectivity index (χ4v) is 2.51. The summed E-state index contributed by atoms with van der Waals surface area (Å²) in [6, 6.07) is 17.9. The predicted molar refractivity (Wildman–Crippen MR) is 104 cm³/mol. The van der Waals surface area contributed by atoms with Crippen molar-refractivity contribution in [2.75, 3.05) is 11.9 Å². The van der Waals surface area contributed by atoms with Crippen LogP contribution >= 0.6 is 0 Å². The summed E-state index contributed by atoms with van der Waals surface area (Å²) in [4.78, 5) is 8.85. The molecule has 0 aliphatic rings. The molecule has 0 radical (unpaired) electrons. The lowest BCUT2D eigenvalue weighted by atomic mass is 10.1. The topological polar surface area (TPSA) is 89.3 Å². The van der Waals surface area contributed by atoms with E-state index in [0.29, 0.717) is 24.2 Å². The van der Waals surface area contributed by atoms with Crippen molar-refractivity contribution in [1.29, 1.82) is 0 Å². The summed E-state index contributed by atoms with van der Waals surface area (Å²) >= 11 is 0. The van der Waals surface area contributed by atoms with Crippen LogP contribution in [0.25, 0.3) is 11.4 Å². The van der Waals surface area contributed by atoms with Crippen molar-refractivity contribution >= 4 is 11.6 Å². The number of anilines is 1. The summed E-state index contributed by atoms with van der Waals surface area (Å²) in [7, 11) is 0. The summed E-state index contributed by atoms with van der Waals surface area (Å²) in [6.45, 7) is 4.56. The van der Waals surface area contributed by atoms with E-state index >= 15 is 0 Å². The van der Waals surface area contributed by atoms with Crippen LogP contribution < -0.4 is 11.1 Å². The van der Waals surface area contributed by atoms with Crippen LogP contribution in [-0.4, -0.2) is 22.6 Å². The standard InChI is InChI=1S/C20H23N5O/c1-3-15-8-7-11-17(12-15)23-20(21)22-13-14(2)19-24-18(25-26-19)16-9-5-4-6-10-16/h4-12,14H,3,13H2,1-2H3,(H3,21,22,23). The summed E-state index contributed by atoms with van der Waals surface area (Å²) in [5.41, 5.74) is 9.10. The zero-order chi connectivity index (χ0) is 18.4. The first-order valence-corrected chi connectivity index (χ1v) is 8.70. The molecule has 1 atom stereocenters. The molecule has 0 aliphatic carbocycles. The number of benzene rings is 2. The van der Waals surface area contributed by atoms with E-state index in [1.807, 2.05) is 49.4 Å². The molecule has 0 spiro atoms. The van der Waals surface area contributed by atoms with Gasteiger partial charge in [-0.05, 0) is 24.1 Å².